The molecule has 2 N–H and O–H groups in total. The number of aromatic hydroxyl groups is 1. The van der Waals surface area contributed by atoms with E-state index in [-0.39, 0.29) is 17.1 Å². The van der Waals surface area contributed by atoms with Crippen LogP contribution in [0.1, 0.15) is 22.5 Å². The van der Waals surface area contributed by atoms with Crippen LogP contribution in [-0.4, -0.2) is 37.1 Å². The molecule has 2 heterocycles. The SMILES string of the molecule is Cc1cnn(CCCNC(=O)c2nn(-c3ccccc3F)cc2O)c1. The van der Waals surface area contributed by atoms with Gasteiger partial charge in [-0.2, -0.15) is 10.2 Å². The number of benzene rings is 1. The monoisotopic (exact) mass is 343 g/mol. The summed E-state index contributed by atoms with van der Waals surface area (Å²) in [7, 11) is 0. The van der Waals surface area contributed by atoms with Crippen molar-refractivity contribution in [2.24, 2.45) is 0 Å². The fraction of sp³-hybridized carbons (Fsp3) is 0.235. The molecule has 0 unspecified atom stereocenters. The highest BCUT2D eigenvalue weighted by atomic mass is 19.1. The van der Waals surface area contributed by atoms with Gasteiger partial charge in [0.25, 0.3) is 5.91 Å². The second-order valence-corrected chi connectivity index (χ2v) is 5.65. The average Bonchev–Trinajstić information content (AvgIpc) is 3.17. The first kappa shape index (κ1) is 16.7. The lowest BCUT2D eigenvalue weighted by Crippen LogP contribution is -2.26. The summed E-state index contributed by atoms with van der Waals surface area (Å²) in [6.07, 6.45) is 5.58. The van der Waals surface area contributed by atoms with Crippen LogP contribution in [0.15, 0.2) is 42.9 Å². The zero-order valence-electron chi connectivity index (χ0n) is 13.7. The Kier molecular flexibility index (Phi) is 4.78. The number of halogens is 1. The minimum Gasteiger partial charge on any atom is -0.504 e. The molecule has 25 heavy (non-hydrogen) atoms. The predicted molar refractivity (Wildman–Crippen MR) is 89.1 cm³/mol. The van der Waals surface area contributed by atoms with Gasteiger partial charge < -0.3 is 10.4 Å². The number of aromatic nitrogens is 4. The maximum absolute atomic E-state index is 13.8. The van der Waals surface area contributed by atoms with Crippen molar-refractivity contribution >= 4 is 5.91 Å². The van der Waals surface area contributed by atoms with Crippen LogP contribution in [0.3, 0.4) is 0 Å². The standard InChI is InChI=1S/C17H18FN5O2/c1-12-9-20-22(10-12)8-4-7-19-17(25)16-15(24)11-23(21-16)14-6-3-2-5-13(14)18/h2-3,5-6,9-11,24H,4,7-8H2,1H3,(H,19,25). The van der Waals surface area contributed by atoms with Crippen LogP contribution in [-0.2, 0) is 6.54 Å². The van der Waals surface area contributed by atoms with Crippen LogP contribution < -0.4 is 5.32 Å². The van der Waals surface area contributed by atoms with Crippen LogP contribution in [0.25, 0.3) is 5.69 Å². The molecule has 0 spiro atoms. The minimum atomic E-state index is -0.510. The summed E-state index contributed by atoms with van der Waals surface area (Å²) in [4.78, 5) is 12.1. The fourth-order valence-corrected chi connectivity index (χ4v) is 2.40. The molecular formula is C17H18FN5O2. The number of rotatable bonds is 6. The molecule has 0 radical (unpaired) electrons. The highest BCUT2D eigenvalue weighted by molar-refractivity contribution is 5.94. The molecule has 0 aliphatic carbocycles. The number of hydrogen-bond acceptors (Lipinski definition) is 4. The summed E-state index contributed by atoms with van der Waals surface area (Å²) in [5.74, 6) is -1.31. The third-order valence-corrected chi connectivity index (χ3v) is 3.62. The zero-order valence-corrected chi connectivity index (χ0v) is 13.7. The second-order valence-electron chi connectivity index (χ2n) is 5.65. The Labute approximate surface area is 143 Å². The molecule has 2 aromatic heterocycles. The molecule has 130 valence electrons. The lowest BCUT2D eigenvalue weighted by molar-refractivity contribution is 0.0944. The van der Waals surface area contributed by atoms with Gasteiger partial charge in [-0.05, 0) is 31.0 Å². The van der Waals surface area contributed by atoms with Gasteiger partial charge in [0.05, 0.1) is 12.4 Å². The van der Waals surface area contributed by atoms with Crippen LogP contribution >= 0.6 is 0 Å². The molecule has 1 aromatic carbocycles. The molecule has 3 aromatic rings. The number of nitrogens with zero attached hydrogens (tertiary/aromatic N) is 4. The highest BCUT2D eigenvalue weighted by Crippen LogP contribution is 2.19. The van der Waals surface area contributed by atoms with Gasteiger partial charge in [-0.1, -0.05) is 12.1 Å². The van der Waals surface area contributed by atoms with E-state index in [9.17, 15) is 14.3 Å². The maximum atomic E-state index is 13.8. The summed E-state index contributed by atoms with van der Waals surface area (Å²) in [5, 5.41) is 20.7. The van der Waals surface area contributed by atoms with E-state index in [4.69, 9.17) is 0 Å². The number of carbonyl (C=O) groups excluding carboxylic acids is 1. The Morgan fingerprint density at radius 1 is 1.32 bits per heavy atom. The first-order valence-electron chi connectivity index (χ1n) is 7.85. The Morgan fingerprint density at radius 2 is 2.12 bits per heavy atom. The molecule has 0 saturated carbocycles. The number of nitrogens with one attached hydrogen (secondary N) is 1. The van der Waals surface area contributed by atoms with E-state index < -0.39 is 11.7 Å². The van der Waals surface area contributed by atoms with Crippen molar-refractivity contribution in [2.45, 2.75) is 19.9 Å². The van der Waals surface area contributed by atoms with Crippen LogP contribution in [0.5, 0.6) is 5.75 Å². The Morgan fingerprint density at radius 3 is 2.84 bits per heavy atom. The Balaban J connectivity index is 1.60. The Hall–Kier alpha value is -3.16. The minimum absolute atomic E-state index is 0.141. The van der Waals surface area contributed by atoms with Crippen LogP contribution in [0, 0.1) is 12.7 Å². The van der Waals surface area contributed by atoms with Crippen molar-refractivity contribution in [2.75, 3.05) is 6.54 Å². The maximum Gasteiger partial charge on any atom is 0.275 e. The van der Waals surface area contributed by atoms with Gasteiger partial charge in [0.1, 0.15) is 11.5 Å². The van der Waals surface area contributed by atoms with E-state index in [0.717, 1.165) is 10.2 Å². The summed E-state index contributed by atoms with van der Waals surface area (Å²) in [6, 6.07) is 5.99. The van der Waals surface area contributed by atoms with Crippen molar-refractivity contribution in [1.29, 1.82) is 0 Å². The summed E-state index contributed by atoms with van der Waals surface area (Å²) < 4.78 is 16.7. The molecule has 8 heteroatoms. The third-order valence-electron chi connectivity index (χ3n) is 3.62. The quantitative estimate of drug-likeness (QED) is 0.671. The van der Waals surface area contributed by atoms with Crippen molar-refractivity contribution in [3.8, 4) is 11.4 Å². The van der Waals surface area contributed by atoms with E-state index >= 15 is 0 Å². The number of hydrogen-bond donors (Lipinski definition) is 2. The van der Waals surface area contributed by atoms with Gasteiger partial charge in [0.15, 0.2) is 11.4 Å². The van der Waals surface area contributed by atoms with Crippen LogP contribution in [0.2, 0.25) is 0 Å². The van der Waals surface area contributed by atoms with E-state index in [1.807, 2.05) is 13.1 Å². The number of para-hydroxylation sites is 1. The molecule has 3 rings (SSSR count). The lowest BCUT2D eigenvalue weighted by Gasteiger charge is -2.04. The number of amides is 1. The van der Waals surface area contributed by atoms with Crippen molar-refractivity contribution in [3.05, 3.63) is 59.9 Å². The van der Waals surface area contributed by atoms with Crippen molar-refractivity contribution < 1.29 is 14.3 Å². The summed E-state index contributed by atoms with van der Waals surface area (Å²) in [5.41, 5.74) is 1.09. The lowest BCUT2D eigenvalue weighted by atomic mass is 10.3. The van der Waals surface area contributed by atoms with Gasteiger partial charge >= 0.3 is 0 Å². The molecule has 0 fully saturated rings. The third kappa shape index (κ3) is 3.85. The second kappa shape index (κ2) is 7.16. The molecule has 7 nitrogen and oxygen atoms in total. The molecule has 0 atom stereocenters. The Bertz CT molecular complexity index is 887. The number of aryl methyl sites for hydroxylation is 2. The molecule has 0 aliphatic rings. The normalized spacial score (nSPS) is 10.8. The highest BCUT2D eigenvalue weighted by Gasteiger charge is 2.17. The molecule has 1 amide bonds. The largest absolute Gasteiger partial charge is 0.504 e. The van der Waals surface area contributed by atoms with Gasteiger partial charge in [-0.3, -0.25) is 9.48 Å². The predicted octanol–water partition coefficient (Wildman–Crippen LogP) is 2.04. The zero-order chi connectivity index (χ0) is 17.8. The first-order chi connectivity index (χ1) is 12.0. The van der Waals surface area contributed by atoms with Gasteiger partial charge in [-0.25, -0.2) is 9.07 Å². The van der Waals surface area contributed by atoms with E-state index in [1.165, 1.54) is 18.3 Å². The number of carbonyl (C=O) groups is 1. The van der Waals surface area contributed by atoms with E-state index in [1.54, 1.807) is 23.0 Å². The molecule has 0 aliphatic heterocycles. The fourth-order valence-electron chi connectivity index (χ4n) is 2.40. The smallest absolute Gasteiger partial charge is 0.275 e. The summed E-state index contributed by atoms with van der Waals surface area (Å²) in [6.45, 7) is 3.04. The first-order valence-corrected chi connectivity index (χ1v) is 7.85. The summed E-state index contributed by atoms with van der Waals surface area (Å²) >= 11 is 0. The topological polar surface area (TPSA) is 85.0 Å². The van der Waals surface area contributed by atoms with E-state index in [2.05, 4.69) is 15.5 Å². The van der Waals surface area contributed by atoms with E-state index in [0.29, 0.717) is 19.5 Å². The van der Waals surface area contributed by atoms with Crippen LogP contribution in [0.4, 0.5) is 4.39 Å². The van der Waals surface area contributed by atoms with Crippen molar-refractivity contribution in [1.82, 2.24) is 24.9 Å². The average molecular weight is 343 g/mol. The van der Waals surface area contributed by atoms with Gasteiger partial charge in [-0.15, -0.1) is 0 Å². The van der Waals surface area contributed by atoms with Gasteiger partial charge in [0.2, 0.25) is 0 Å². The molecule has 0 saturated heterocycles. The van der Waals surface area contributed by atoms with Crippen molar-refractivity contribution in [3.63, 3.8) is 0 Å². The molecular weight excluding hydrogens is 325 g/mol. The molecule has 0 bridgehead atoms. The van der Waals surface area contributed by atoms with Gasteiger partial charge in [0, 0.05) is 19.3 Å².